The second-order valence-electron chi connectivity index (χ2n) is 4.64. The van der Waals surface area contributed by atoms with E-state index in [9.17, 15) is 19.2 Å². The van der Waals surface area contributed by atoms with Crippen LogP contribution in [0, 0.1) is 0 Å². The molecular formula is C17H18O8. The van der Waals surface area contributed by atoms with Crippen LogP contribution in [0.3, 0.4) is 0 Å². The molecule has 25 heavy (non-hydrogen) atoms. The molecule has 0 amide bonds. The van der Waals surface area contributed by atoms with Crippen LogP contribution < -0.4 is 4.74 Å². The Hall–Kier alpha value is -3.16. The lowest BCUT2D eigenvalue weighted by Gasteiger charge is -2.05. The minimum Gasteiger partial charge on any atom is -0.497 e. The molecule has 0 radical (unpaired) electrons. The second kappa shape index (κ2) is 10.6. The standard InChI is InChI=1S/C17H18O8/c1-22-13-5-3-12(4-6-13)11-17(21)25-16(20)9-10-24-15(19)8-7-14(18)23-2/h3-8H,9-11H2,1-2H3/b8-7-. The number of carbonyl (C=O) groups is 4. The van der Waals surface area contributed by atoms with Crippen LogP contribution in [-0.4, -0.2) is 44.7 Å². The van der Waals surface area contributed by atoms with Gasteiger partial charge in [0.15, 0.2) is 0 Å². The van der Waals surface area contributed by atoms with Crippen molar-refractivity contribution in [2.75, 3.05) is 20.8 Å². The van der Waals surface area contributed by atoms with Gasteiger partial charge in [-0.15, -0.1) is 0 Å². The first-order valence-corrected chi connectivity index (χ1v) is 7.24. The molecule has 0 unspecified atom stereocenters. The Balaban J connectivity index is 2.29. The molecule has 1 aromatic rings. The molecule has 0 saturated heterocycles. The Kier molecular flexibility index (Phi) is 8.42. The largest absolute Gasteiger partial charge is 0.497 e. The van der Waals surface area contributed by atoms with Crippen LogP contribution in [0.15, 0.2) is 36.4 Å². The lowest BCUT2D eigenvalue weighted by Crippen LogP contribution is -2.16. The van der Waals surface area contributed by atoms with E-state index in [1.54, 1.807) is 24.3 Å². The smallest absolute Gasteiger partial charge is 0.331 e. The van der Waals surface area contributed by atoms with Gasteiger partial charge in [-0.2, -0.15) is 0 Å². The maximum Gasteiger partial charge on any atom is 0.331 e. The summed E-state index contributed by atoms with van der Waals surface area (Å²) in [5.74, 6) is -2.41. The van der Waals surface area contributed by atoms with Crippen molar-refractivity contribution in [3.63, 3.8) is 0 Å². The predicted octanol–water partition coefficient (Wildman–Crippen LogP) is 0.970. The van der Waals surface area contributed by atoms with Gasteiger partial charge in [0, 0.05) is 12.2 Å². The Morgan fingerprint density at radius 3 is 2.16 bits per heavy atom. The summed E-state index contributed by atoms with van der Waals surface area (Å²) in [6, 6.07) is 6.73. The predicted molar refractivity (Wildman–Crippen MR) is 84.5 cm³/mol. The highest BCUT2D eigenvalue weighted by Crippen LogP contribution is 2.12. The summed E-state index contributed by atoms with van der Waals surface area (Å²) < 4.78 is 18.6. The molecule has 134 valence electrons. The third kappa shape index (κ3) is 8.31. The van der Waals surface area contributed by atoms with Gasteiger partial charge in [-0.1, -0.05) is 12.1 Å². The minimum absolute atomic E-state index is 0.0720. The molecule has 0 bridgehead atoms. The number of carbonyl (C=O) groups excluding carboxylic acids is 4. The quantitative estimate of drug-likeness (QED) is 0.296. The van der Waals surface area contributed by atoms with Crippen molar-refractivity contribution >= 4 is 23.9 Å². The summed E-state index contributed by atoms with van der Waals surface area (Å²) in [7, 11) is 2.69. The average molecular weight is 350 g/mol. The van der Waals surface area contributed by atoms with E-state index in [1.807, 2.05) is 0 Å². The number of ether oxygens (including phenoxy) is 4. The zero-order valence-electron chi connectivity index (χ0n) is 13.9. The molecule has 1 aromatic carbocycles. The lowest BCUT2D eigenvalue weighted by molar-refractivity contribution is -0.160. The maximum absolute atomic E-state index is 11.6. The molecule has 8 nitrogen and oxygen atoms in total. The molecule has 0 aliphatic carbocycles. The van der Waals surface area contributed by atoms with Crippen LogP contribution in [0.5, 0.6) is 5.75 Å². The molecule has 0 heterocycles. The number of esters is 4. The third-order valence-corrected chi connectivity index (χ3v) is 2.84. The zero-order chi connectivity index (χ0) is 18.7. The number of methoxy groups -OCH3 is 2. The van der Waals surface area contributed by atoms with Crippen molar-refractivity contribution in [3.8, 4) is 5.75 Å². The molecule has 0 N–H and O–H groups in total. The summed E-state index contributed by atoms with van der Waals surface area (Å²) in [5, 5.41) is 0. The first-order valence-electron chi connectivity index (χ1n) is 7.24. The fourth-order valence-electron chi connectivity index (χ4n) is 1.61. The van der Waals surface area contributed by atoms with E-state index in [4.69, 9.17) is 4.74 Å². The van der Waals surface area contributed by atoms with Crippen LogP contribution in [-0.2, 0) is 39.8 Å². The summed E-state index contributed by atoms with van der Waals surface area (Å²) >= 11 is 0. The highest BCUT2D eigenvalue weighted by molar-refractivity contribution is 5.91. The Bertz CT molecular complexity index is 645. The normalized spacial score (nSPS) is 10.2. The van der Waals surface area contributed by atoms with Gasteiger partial charge < -0.3 is 18.9 Å². The summed E-state index contributed by atoms with van der Waals surface area (Å²) in [6.45, 7) is -0.279. The Morgan fingerprint density at radius 1 is 0.920 bits per heavy atom. The average Bonchev–Trinajstić information content (AvgIpc) is 2.60. The van der Waals surface area contributed by atoms with Crippen molar-refractivity contribution in [1.29, 1.82) is 0 Å². The van der Waals surface area contributed by atoms with Crippen LogP contribution in [0.2, 0.25) is 0 Å². The molecule has 0 spiro atoms. The fraction of sp³-hybridized carbons (Fsp3) is 0.294. The number of benzene rings is 1. The summed E-state index contributed by atoms with van der Waals surface area (Å²) in [5.41, 5.74) is 0.665. The molecule has 0 aliphatic heterocycles. The topological polar surface area (TPSA) is 105 Å². The van der Waals surface area contributed by atoms with E-state index in [1.165, 1.54) is 7.11 Å². The van der Waals surface area contributed by atoms with Gasteiger partial charge in [-0.05, 0) is 17.7 Å². The van der Waals surface area contributed by atoms with Crippen LogP contribution >= 0.6 is 0 Å². The number of rotatable bonds is 8. The van der Waals surface area contributed by atoms with Gasteiger partial charge in [-0.3, -0.25) is 9.59 Å². The maximum atomic E-state index is 11.6. The van der Waals surface area contributed by atoms with Gasteiger partial charge in [0.1, 0.15) is 12.4 Å². The highest BCUT2D eigenvalue weighted by atomic mass is 16.6. The molecule has 0 saturated carbocycles. The Labute approximate surface area is 144 Å². The number of hydrogen-bond donors (Lipinski definition) is 0. The van der Waals surface area contributed by atoms with E-state index in [-0.39, 0.29) is 19.4 Å². The molecule has 8 heteroatoms. The van der Waals surface area contributed by atoms with Gasteiger partial charge in [0.2, 0.25) is 0 Å². The zero-order valence-corrected chi connectivity index (χ0v) is 13.9. The van der Waals surface area contributed by atoms with Crippen LogP contribution in [0.4, 0.5) is 0 Å². The van der Waals surface area contributed by atoms with Crippen molar-refractivity contribution in [3.05, 3.63) is 42.0 Å². The summed E-state index contributed by atoms with van der Waals surface area (Å²) in [6.07, 6.45) is 1.40. The van der Waals surface area contributed by atoms with E-state index < -0.39 is 23.9 Å². The van der Waals surface area contributed by atoms with Crippen LogP contribution in [0.25, 0.3) is 0 Å². The van der Waals surface area contributed by atoms with Gasteiger partial charge in [0.25, 0.3) is 0 Å². The van der Waals surface area contributed by atoms with E-state index >= 15 is 0 Å². The third-order valence-electron chi connectivity index (χ3n) is 2.84. The lowest BCUT2D eigenvalue weighted by atomic mass is 10.1. The van der Waals surface area contributed by atoms with Crippen LogP contribution in [0.1, 0.15) is 12.0 Å². The first kappa shape index (κ1) is 19.9. The second-order valence-corrected chi connectivity index (χ2v) is 4.64. The van der Waals surface area contributed by atoms with Gasteiger partial charge in [-0.25, -0.2) is 9.59 Å². The molecule has 0 aliphatic rings. The summed E-state index contributed by atoms with van der Waals surface area (Å²) in [4.78, 5) is 45.1. The van der Waals surface area contributed by atoms with Crippen molar-refractivity contribution in [2.24, 2.45) is 0 Å². The number of hydrogen-bond acceptors (Lipinski definition) is 8. The van der Waals surface area contributed by atoms with Gasteiger partial charge in [0.05, 0.1) is 27.1 Å². The van der Waals surface area contributed by atoms with E-state index in [2.05, 4.69) is 14.2 Å². The molecular weight excluding hydrogens is 332 g/mol. The molecule has 0 fully saturated rings. The SMILES string of the molecule is COC(=O)/C=C\C(=O)OCCC(=O)OC(=O)Cc1ccc(OC)cc1. The molecule has 0 aromatic heterocycles. The fourth-order valence-corrected chi connectivity index (χ4v) is 1.61. The highest BCUT2D eigenvalue weighted by Gasteiger charge is 2.12. The van der Waals surface area contributed by atoms with E-state index in [0.717, 1.165) is 19.3 Å². The van der Waals surface area contributed by atoms with Crippen molar-refractivity contribution in [2.45, 2.75) is 12.8 Å². The van der Waals surface area contributed by atoms with Gasteiger partial charge >= 0.3 is 23.9 Å². The van der Waals surface area contributed by atoms with Crippen molar-refractivity contribution in [1.82, 2.24) is 0 Å². The molecule has 0 atom stereocenters. The minimum atomic E-state index is -0.817. The first-order chi connectivity index (χ1) is 11.9. The Morgan fingerprint density at radius 2 is 1.56 bits per heavy atom. The monoisotopic (exact) mass is 350 g/mol. The molecule has 1 rings (SSSR count). The van der Waals surface area contributed by atoms with Crippen molar-refractivity contribution < 1.29 is 38.1 Å². The van der Waals surface area contributed by atoms with E-state index in [0.29, 0.717) is 11.3 Å².